The topological polar surface area (TPSA) is 41.1 Å². The molecule has 0 N–H and O–H groups in total. The third-order valence-electron chi connectivity index (χ3n) is 3.74. The molecule has 0 fully saturated rings. The molecule has 2 heterocycles. The van der Waals surface area contributed by atoms with Crippen molar-refractivity contribution < 1.29 is 4.39 Å². The molecule has 3 nitrogen and oxygen atoms in total. The van der Waals surface area contributed by atoms with Gasteiger partial charge in [-0.05, 0) is 36.4 Å². The Morgan fingerprint density at radius 1 is 1.17 bits per heavy atom. The third-order valence-corrected chi connectivity index (χ3v) is 4.90. The summed E-state index contributed by atoms with van der Waals surface area (Å²) in [7, 11) is 0. The van der Waals surface area contributed by atoms with Crippen LogP contribution in [0.3, 0.4) is 0 Å². The molecule has 0 bridgehead atoms. The molecule has 0 atom stereocenters. The second-order valence-corrected chi connectivity index (χ2v) is 6.45. The fraction of sp³-hybridized carbons (Fsp3) is 0. The van der Waals surface area contributed by atoms with Crippen LogP contribution in [-0.4, -0.2) is 9.38 Å². The van der Waals surface area contributed by atoms with Crippen LogP contribution in [-0.2, 0) is 0 Å². The van der Waals surface area contributed by atoms with E-state index in [9.17, 15) is 4.39 Å². The van der Waals surface area contributed by atoms with Gasteiger partial charge in [-0.3, -0.25) is 4.40 Å². The molecule has 0 aliphatic heterocycles. The Bertz CT molecular complexity index is 1090. The van der Waals surface area contributed by atoms with Crippen molar-refractivity contribution in [2.75, 3.05) is 0 Å². The Kier molecular flexibility index (Phi) is 3.57. The number of nitriles is 1. The summed E-state index contributed by atoms with van der Waals surface area (Å²) >= 11 is 7.39. The molecular formula is C18H9ClFN3S. The lowest BCUT2D eigenvalue weighted by molar-refractivity contribution is 0.631. The standard InChI is InChI=1S/C18H9ClFN3S/c19-14-3-1-2-13(15(14)20)16-18-23(8-9-24-18)17(22-16)12-6-4-11(10-21)5-7-12/h1-9H. The van der Waals surface area contributed by atoms with Crippen LogP contribution in [0.2, 0.25) is 5.02 Å². The van der Waals surface area contributed by atoms with Crippen molar-refractivity contribution in [1.82, 2.24) is 9.38 Å². The van der Waals surface area contributed by atoms with Gasteiger partial charge in [-0.1, -0.05) is 17.7 Å². The minimum absolute atomic E-state index is 0.0742. The molecule has 4 rings (SSSR count). The van der Waals surface area contributed by atoms with Gasteiger partial charge in [0.05, 0.1) is 16.7 Å². The van der Waals surface area contributed by atoms with E-state index in [-0.39, 0.29) is 5.02 Å². The van der Waals surface area contributed by atoms with E-state index in [0.29, 0.717) is 22.6 Å². The average Bonchev–Trinajstić information content (AvgIpc) is 3.20. The first-order valence-electron chi connectivity index (χ1n) is 7.09. The number of nitrogens with zero attached hydrogens (tertiary/aromatic N) is 3. The van der Waals surface area contributed by atoms with E-state index in [2.05, 4.69) is 11.1 Å². The molecule has 6 heteroatoms. The summed E-state index contributed by atoms with van der Waals surface area (Å²) in [5.74, 6) is 0.226. The average molecular weight is 354 g/mol. The molecule has 116 valence electrons. The van der Waals surface area contributed by atoms with E-state index in [4.69, 9.17) is 16.9 Å². The highest BCUT2D eigenvalue weighted by Crippen LogP contribution is 2.35. The first kappa shape index (κ1) is 14.9. The van der Waals surface area contributed by atoms with Gasteiger partial charge >= 0.3 is 0 Å². The molecule has 2 aromatic carbocycles. The molecular weight excluding hydrogens is 345 g/mol. The van der Waals surface area contributed by atoms with Gasteiger partial charge in [0, 0.05) is 22.7 Å². The van der Waals surface area contributed by atoms with Gasteiger partial charge in [-0.15, -0.1) is 11.3 Å². The zero-order valence-electron chi connectivity index (χ0n) is 12.2. The van der Waals surface area contributed by atoms with Crippen LogP contribution in [0, 0.1) is 17.1 Å². The number of imidazole rings is 1. The second kappa shape index (κ2) is 5.75. The molecule has 0 amide bonds. The molecule has 0 radical (unpaired) electrons. The van der Waals surface area contributed by atoms with Crippen LogP contribution < -0.4 is 0 Å². The highest BCUT2D eigenvalue weighted by molar-refractivity contribution is 7.16. The maximum Gasteiger partial charge on any atom is 0.151 e. The predicted molar refractivity (Wildman–Crippen MR) is 93.6 cm³/mol. The first-order chi connectivity index (χ1) is 11.7. The number of rotatable bonds is 2. The van der Waals surface area contributed by atoms with E-state index >= 15 is 0 Å². The molecule has 4 aromatic rings. The molecule has 0 aliphatic carbocycles. The maximum atomic E-state index is 14.4. The zero-order valence-corrected chi connectivity index (χ0v) is 13.8. The minimum Gasteiger partial charge on any atom is -0.290 e. The van der Waals surface area contributed by atoms with Gasteiger partial charge in [0.25, 0.3) is 0 Å². The second-order valence-electron chi connectivity index (χ2n) is 5.15. The van der Waals surface area contributed by atoms with E-state index in [1.165, 1.54) is 17.4 Å². The number of hydrogen-bond donors (Lipinski definition) is 0. The lowest BCUT2D eigenvalue weighted by Crippen LogP contribution is -1.87. The number of benzene rings is 2. The zero-order chi connectivity index (χ0) is 16.7. The normalized spacial score (nSPS) is 10.9. The summed E-state index contributed by atoms with van der Waals surface area (Å²) < 4.78 is 16.3. The molecule has 2 aromatic heterocycles. The lowest BCUT2D eigenvalue weighted by Gasteiger charge is -2.01. The van der Waals surface area contributed by atoms with Crippen molar-refractivity contribution in [1.29, 1.82) is 5.26 Å². The van der Waals surface area contributed by atoms with Crippen LogP contribution in [0.15, 0.2) is 54.0 Å². The lowest BCUT2D eigenvalue weighted by atomic mass is 10.1. The van der Waals surface area contributed by atoms with Gasteiger partial charge in [0.15, 0.2) is 5.82 Å². The van der Waals surface area contributed by atoms with Gasteiger partial charge < -0.3 is 0 Å². The van der Waals surface area contributed by atoms with E-state index in [1.807, 2.05) is 28.1 Å². The van der Waals surface area contributed by atoms with Crippen LogP contribution in [0.5, 0.6) is 0 Å². The number of aromatic nitrogens is 2. The molecule has 24 heavy (non-hydrogen) atoms. The van der Waals surface area contributed by atoms with Crippen molar-refractivity contribution in [3.63, 3.8) is 0 Å². The predicted octanol–water partition coefficient (Wildman–Crippen LogP) is 5.39. The summed E-state index contributed by atoms with van der Waals surface area (Å²) in [6.45, 7) is 0. The SMILES string of the molecule is N#Cc1ccc(-c2nc(-c3cccc(Cl)c3F)c3sccn23)cc1. The highest BCUT2D eigenvalue weighted by atomic mass is 35.5. The summed E-state index contributed by atoms with van der Waals surface area (Å²) in [5, 5.41) is 10.9. The Balaban J connectivity index is 1.95. The van der Waals surface area contributed by atoms with Gasteiger partial charge in [0.1, 0.15) is 16.3 Å². The monoisotopic (exact) mass is 353 g/mol. The highest BCUT2D eigenvalue weighted by Gasteiger charge is 2.19. The fourth-order valence-electron chi connectivity index (χ4n) is 2.58. The number of halogens is 2. The number of thiazole rings is 1. The van der Waals surface area contributed by atoms with Gasteiger partial charge in [0.2, 0.25) is 0 Å². The van der Waals surface area contributed by atoms with Crippen molar-refractivity contribution in [3.8, 4) is 28.7 Å². The van der Waals surface area contributed by atoms with Crippen LogP contribution in [0.4, 0.5) is 4.39 Å². The van der Waals surface area contributed by atoms with Gasteiger partial charge in [-0.25, -0.2) is 9.37 Å². The molecule has 0 saturated carbocycles. The van der Waals surface area contributed by atoms with Crippen molar-refractivity contribution in [2.45, 2.75) is 0 Å². The summed E-state index contributed by atoms with van der Waals surface area (Å²) in [4.78, 5) is 5.48. The summed E-state index contributed by atoms with van der Waals surface area (Å²) in [6.07, 6.45) is 1.90. The molecule has 0 aliphatic rings. The maximum absolute atomic E-state index is 14.4. The number of fused-ring (bicyclic) bond motifs is 1. The smallest absolute Gasteiger partial charge is 0.151 e. The van der Waals surface area contributed by atoms with Gasteiger partial charge in [-0.2, -0.15) is 5.26 Å². The Hall–Kier alpha value is -2.68. The largest absolute Gasteiger partial charge is 0.290 e. The summed E-state index contributed by atoms with van der Waals surface area (Å²) in [6, 6.07) is 14.1. The summed E-state index contributed by atoms with van der Waals surface area (Å²) in [5.41, 5.74) is 2.38. The number of hydrogen-bond acceptors (Lipinski definition) is 3. The van der Waals surface area contributed by atoms with E-state index < -0.39 is 5.82 Å². The van der Waals surface area contributed by atoms with Crippen LogP contribution in [0.25, 0.3) is 27.5 Å². The quantitative estimate of drug-likeness (QED) is 0.484. The van der Waals surface area contributed by atoms with E-state index in [1.54, 1.807) is 24.3 Å². The first-order valence-corrected chi connectivity index (χ1v) is 8.35. The minimum atomic E-state index is -0.473. The van der Waals surface area contributed by atoms with Crippen molar-refractivity contribution in [3.05, 3.63) is 70.4 Å². The Morgan fingerprint density at radius 2 is 1.96 bits per heavy atom. The molecule has 0 unspecified atom stereocenters. The Labute approximate surface area is 146 Å². The fourth-order valence-corrected chi connectivity index (χ4v) is 3.60. The van der Waals surface area contributed by atoms with E-state index in [0.717, 1.165) is 10.4 Å². The van der Waals surface area contributed by atoms with Crippen LogP contribution >= 0.6 is 22.9 Å². The van der Waals surface area contributed by atoms with Crippen molar-refractivity contribution in [2.24, 2.45) is 0 Å². The molecule has 0 saturated heterocycles. The van der Waals surface area contributed by atoms with Crippen molar-refractivity contribution >= 4 is 27.8 Å². The third kappa shape index (κ3) is 2.28. The molecule has 0 spiro atoms. The van der Waals surface area contributed by atoms with Crippen LogP contribution in [0.1, 0.15) is 5.56 Å². The Morgan fingerprint density at radius 3 is 2.71 bits per heavy atom.